The quantitative estimate of drug-likeness (QED) is 0.655. The first-order chi connectivity index (χ1) is 9.30. The molecule has 0 amide bonds. The molecule has 108 valence electrons. The molecule has 0 aliphatic heterocycles. The van der Waals surface area contributed by atoms with E-state index in [4.69, 9.17) is 9.47 Å². The maximum Gasteiger partial charge on any atom is 0.122 e. The normalized spacial score (nSPS) is 12.2. The predicted molar refractivity (Wildman–Crippen MR) is 80.1 cm³/mol. The second-order valence-corrected chi connectivity index (χ2v) is 4.56. The molecule has 0 spiro atoms. The lowest BCUT2D eigenvalue weighted by Crippen LogP contribution is -2.28. The standard InChI is InChI=1S/C16H27NO2/c1-4-14(17-5-2)9-8-12-19-16-11-7-10-15(13-16)18-6-3/h7,10-11,13-14,17H,4-6,8-9,12H2,1-3H3. The van der Waals surface area contributed by atoms with Crippen LogP contribution in [0.4, 0.5) is 0 Å². The minimum absolute atomic E-state index is 0.614. The maximum atomic E-state index is 5.76. The van der Waals surface area contributed by atoms with Crippen molar-refractivity contribution in [2.24, 2.45) is 0 Å². The number of hydrogen-bond acceptors (Lipinski definition) is 3. The Morgan fingerprint density at radius 1 is 1.11 bits per heavy atom. The highest BCUT2D eigenvalue weighted by molar-refractivity contribution is 5.32. The summed E-state index contributed by atoms with van der Waals surface area (Å²) in [7, 11) is 0. The fraction of sp³-hybridized carbons (Fsp3) is 0.625. The van der Waals surface area contributed by atoms with E-state index in [9.17, 15) is 0 Å². The van der Waals surface area contributed by atoms with Crippen molar-refractivity contribution < 1.29 is 9.47 Å². The van der Waals surface area contributed by atoms with Crippen LogP contribution in [0.15, 0.2) is 24.3 Å². The van der Waals surface area contributed by atoms with Crippen molar-refractivity contribution in [1.29, 1.82) is 0 Å². The Morgan fingerprint density at radius 2 is 1.84 bits per heavy atom. The van der Waals surface area contributed by atoms with Crippen LogP contribution < -0.4 is 14.8 Å². The van der Waals surface area contributed by atoms with Crippen LogP contribution in [-0.2, 0) is 0 Å². The van der Waals surface area contributed by atoms with E-state index in [0.717, 1.165) is 37.5 Å². The molecule has 1 rings (SSSR count). The molecule has 3 heteroatoms. The van der Waals surface area contributed by atoms with Crippen molar-refractivity contribution in [2.45, 2.75) is 46.1 Å². The molecule has 0 heterocycles. The number of benzene rings is 1. The summed E-state index contributed by atoms with van der Waals surface area (Å²) in [6, 6.07) is 8.46. The van der Waals surface area contributed by atoms with Gasteiger partial charge in [0.25, 0.3) is 0 Å². The number of ether oxygens (including phenoxy) is 2. The van der Waals surface area contributed by atoms with E-state index in [0.29, 0.717) is 12.6 Å². The van der Waals surface area contributed by atoms with Crippen LogP contribution in [0.25, 0.3) is 0 Å². The molecule has 0 radical (unpaired) electrons. The van der Waals surface area contributed by atoms with E-state index in [2.05, 4.69) is 19.2 Å². The van der Waals surface area contributed by atoms with E-state index in [-0.39, 0.29) is 0 Å². The average Bonchev–Trinajstić information content (AvgIpc) is 2.43. The largest absolute Gasteiger partial charge is 0.494 e. The number of nitrogens with one attached hydrogen (secondary N) is 1. The zero-order chi connectivity index (χ0) is 13.9. The number of hydrogen-bond donors (Lipinski definition) is 1. The summed E-state index contributed by atoms with van der Waals surface area (Å²) in [5.41, 5.74) is 0. The predicted octanol–water partition coefficient (Wildman–Crippen LogP) is 3.63. The third-order valence-corrected chi connectivity index (χ3v) is 3.07. The van der Waals surface area contributed by atoms with Crippen molar-refractivity contribution in [3.8, 4) is 11.5 Å². The molecule has 1 N–H and O–H groups in total. The summed E-state index contributed by atoms with van der Waals surface area (Å²) in [4.78, 5) is 0. The Bertz CT molecular complexity index is 341. The lowest BCUT2D eigenvalue weighted by Gasteiger charge is -2.15. The van der Waals surface area contributed by atoms with Crippen LogP contribution in [0.1, 0.15) is 40.0 Å². The van der Waals surface area contributed by atoms with Crippen LogP contribution in [0.5, 0.6) is 11.5 Å². The summed E-state index contributed by atoms with van der Waals surface area (Å²) in [6.07, 6.45) is 3.41. The molecule has 0 bridgehead atoms. The summed E-state index contributed by atoms with van der Waals surface area (Å²) >= 11 is 0. The summed E-state index contributed by atoms with van der Waals surface area (Å²) in [6.45, 7) is 8.84. The minimum Gasteiger partial charge on any atom is -0.494 e. The van der Waals surface area contributed by atoms with Crippen molar-refractivity contribution in [1.82, 2.24) is 5.32 Å². The van der Waals surface area contributed by atoms with Gasteiger partial charge in [0.2, 0.25) is 0 Å². The van der Waals surface area contributed by atoms with Gasteiger partial charge >= 0.3 is 0 Å². The van der Waals surface area contributed by atoms with Crippen LogP contribution in [0.2, 0.25) is 0 Å². The van der Waals surface area contributed by atoms with Gasteiger partial charge in [0, 0.05) is 12.1 Å². The van der Waals surface area contributed by atoms with E-state index < -0.39 is 0 Å². The average molecular weight is 265 g/mol. The Balaban J connectivity index is 2.26. The van der Waals surface area contributed by atoms with E-state index >= 15 is 0 Å². The zero-order valence-electron chi connectivity index (χ0n) is 12.4. The number of rotatable bonds is 10. The molecule has 1 atom stereocenters. The molecule has 3 nitrogen and oxygen atoms in total. The molecule has 0 fully saturated rings. The van der Waals surface area contributed by atoms with Gasteiger partial charge in [-0.05, 0) is 44.9 Å². The van der Waals surface area contributed by atoms with Gasteiger partial charge in [0.1, 0.15) is 11.5 Å². The lowest BCUT2D eigenvalue weighted by atomic mass is 10.1. The second kappa shape index (κ2) is 9.68. The molecule has 0 aromatic heterocycles. The fourth-order valence-electron chi connectivity index (χ4n) is 2.08. The van der Waals surface area contributed by atoms with Gasteiger partial charge in [-0.3, -0.25) is 0 Å². The van der Waals surface area contributed by atoms with Crippen LogP contribution in [0.3, 0.4) is 0 Å². The molecule has 0 saturated heterocycles. The summed E-state index contributed by atoms with van der Waals surface area (Å²) in [5.74, 6) is 1.77. The fourth-order valence-corrected chi connectivity index (χ4v) is 2.08. The van der Waals surface area contributed by atoms with E-state index in [1.54, 1.807) is 0 Å². The Hall–Kier alpha value is -1.22. The van der Waals surface area contributed by atoms with Crippen molar-refractivity contribution in [2.75, 3.05) is 19.8 Å². The SMILES string of the molecule is CCNC(CC)CCCOc1cccc(OCC)c1. The van der Waals surface area contributed by atoms with Gasteiger partial charge in [0.15, 0.2) is 0 Å². The first-order valence-electron chi connectivity index (χ1n) is 7.39. The van der Waals surface area contributed by atoms with Crippen molar-refractivity contribution in [3.05, 3.63) is 24.3 Å². The van der Waals surface area contributed by atoms with E-state index in [1.165, 1.54) is 6.42 Å². The topological polar surface area (TPSA) is 30.5 Å². The van der Waals surface area contributed by atoms with Gasteiger partial charge in [-0.2, -0.15) is 0 Å². The molecule has 0 aliphatic carbocycles. The monoisotopic (exact) mass is 265 g/mol. The molecule has 0 aliphatic rings. The molecule has 19 heavy (non-hydrogen) atoms. The van der Waals surface area contributed by atoms with Crippen LogP contribution in [0, 0.1) is 0 Å². The highest BCUT2D eigenvalue weighted by Gasteiger charge is 2.04. The zero-order valence-corrected chi connectivity index (χ0v) is 12.4. The molecule has 0 saturated carbocycles. The Labute approximate surface area is 117 Å². The molecular weight excluding hydrogens is 238 g/mol. The first kappa shape index (κ1) is 15.8. The van der Waals surface area contributed by atoms with Gasteiger partial charge in [0.05, 0.1) is 13.2 Å². The van der Waals surface area contributed by atoms with Crippen LogP contribution in [-0.4, -0.2) is 25.8 Å². The van der Waals surface area contributed by atoms with Gasteiger partial charge < -0.3 is 14.8 Å². The Morgan fingerprint density at radius 3 is 2.47 bits per heavy atom. The Kier molecular flexibility index (Phi) is 8.07. The smallest absolute Gasteiger partial charge is 0.122 e. The molecule has 1 unspecified atom stereocenters. The first-order valence-corrected chi connectivity index (χ1v) is 7.39. The molecular formula is C16H27NO2. The van der Waals surface area contributed by atoms with Gasteiger partial charge in [-0.15, -0.1) is 0 Å². The molecule has 1 aromatic carbocycles. The van der Waals surface area contributed by atoms with Gasteiger partial charge in [-0.1, -0.05) is 19.9 Å². The minimum atomic E-state index is 0.614. The maximum absolute atomic E-state index is 5.76. The van der Waals surface area contributed by atoms with Crippen molar-refractivity contribution in [3.63, 3.8) is 0 Å². The summed E-state index contributed by atoms with van der Waals surface area (Å²) in [5, 5.41) is 3.48. The molecule has 1 aromatic rings. The third-order valence-electron chi connectivity index (χ3n) is 3.07. The second-order valence-electron chi connectivity index (χ2n) is 4.56. The van der Waals surface area contributed by atoms with Crippen LogP contribution >= 0.6 is 0 Å². The van der Waals surface area contributed by atoms with Crippen molar-refractivity contribution >= 4 is 0 Å². The third kappa shape index (κ3) is 6.48. The lowest BCUT2D eigenvalue weighted by molar-refractivity contribution is 0.290. The highest BCUT2D eigenvalue weighted by atomic mass is 16.5. The van der Waals surface area contributed by atoms with Gasteiger partial charge in [-0.25, -0.2) is 0 Å². The highest BCUT2D eigenvalue weighted by Crippen LogP contribution is 2.19. The summed E-state index contributed by atoms with van der Waals surface area (Å²) < 4.78 is 11.2. The van der Waals surface area contributed by atoms with E-state index in [1.807, 2.05) is 31.2 Å².